The first-order valence-electron chi connectivity index (χ1n) is 4.08. The zero-order valence-electron chi connectivity index (χ0n) is 7.88. The number of carboxylic acid groups (broad SMARTS) is 1. The maximum absolute atomic E-state index is 10.6. The molecule has 0 saturated carbocycles. The number of nitrogens with zero attached hydrogens (tertiary/aromatic N) is 2. The molecular formula is C9H6N2O4S. The molecule has 16 heavy (non-hydrogen) atoms. The second kappa shape index (κ2) is 4.63. The predicted molar refractivity (Wildman–Crippen MR) is 56.4 cm³/mol. The summed E-state index contributed by atoms with van der Waals surface area (Å²) in [5.41, 5.74) is -0.284. The summed E-state index contributed by atoms with van der Waals surface area (Å²) in [6, 6.07) is 4.11. The Morgan fingerprint density at radius 1 is 1.62 bits per heavy atom. The van der Waals surface area contributed by atoms with Crippen LogP contribution in [0.25, 0.3) is 0 Å². The lowest BCUT2D eigenvalue weighted by Gasteiger charge is -2.02. The summed E-state index contributed by atoms with van der Waals surface area (Å²) >= 11 is 3.87. The summed E-state index contributed by atoms with van der Waals surface area (Å²) in [5.74, 6) is -1.08. The van der Waals surface area contributed by atoms with Crippen LogP contribution in [0.3, 0.4) is 0 Å². The number of nitro groups is 1. The van der Waals surface area contributed by atoms with Crippen LogP contribution in [0.2, 0.25) is 0 Å². The monoisotopic (exact) mass is 238 g/mol. The molecular weight excluding hydrogens is 232 g/mol. The first-order chi connectivity index (χ1) is 7.45. The number of rotatable bonds is 3. The van der Waals surface area contributed by atoms with E-state index in [2.05, 4.69) is 12.6 Å². The molecule has 0 fully saturated rings. The number of hydrogen-bond donors (Lipinski definition) is 2. The van der Waals surface area contributed by atoms with E-state index in [0.717, 1.165) is 0 Å². The molecule has 0 atom stereocenters. The molecule has 0 amide bonds. The van der Waals surface area contributed by atoms with Gasteiger partial charge in [0.2, 0.25) is 0 Å². The van der Waals surface area contributed by atoms with Gasteiger partial charge in [-0.2, -0.15) is 5.26 Å². The lowest BCUT2D eigenvalue weighted by Crippen LogP contribution is -2.02. The van der Waals surface area contributed by atoms with E-state index in [-0.39, 0.29) is 16.9 Å². The molecule has 0 bridgehead atoms. The minimum atomic E-state index is -1.08. The second-order valence-electron chi connectivity index (χ2n) is 2.95. The minimum absolute atomic E-state index is 0.0136. The van der Waals surface area contributed by atoms with Crippen LogP contribution in [-0.4, -0.2) is 16.0 Å². The van der Waals surface area contributed by atoms with Crippen LogP contribution in [-0.2, 0) is 11.2 Å². The Balaban J connectivity index is 3.33. The van der Waals surface area contributed by atoms with E-state index in [9.17, 15) is 14.9 Å². The van der Waals surface area contributed by atoms with E-state index >= 15 is 0 Å². The molecule has 0 heterocycles. The first-order valence-corrected chi connectivity index (χ1v) is 4.52. The van der Waals surface area contributed by atoms with Gasteiger partial charge in [-0.25, -0.2) is 0 Å². The quantitative estimate of drug-likeness (QED) is 0.470. The molecule has 6 nitrogen and oxygen atoms in total. The Labute approximate surface area is 95.7 Å². The fraction of sp³-hybridized carbons (Fsp3) is 0.111. The van der Waals surface area contributed by atoms with Crippen LogP contribution in [0.5, 0.6) is 0 Å². The van der Waals surface area contributed by atoms with Gasteiger partial charge in [0.05, 0.1) is 16.2 Å². The lowest BCUT2D eigenvalue weighted by atomic mass is 10.1. The highest BCUT2D eigenvalue weighted by Gasteiger charge is 2.19. The maximum atomic E-state index is 10.6. The van der Waals surface area contributed by atoms with E-state index in [4.69, 9.17) is 10.4 Å². The lowest BCUT2D eigenvalue weighted by molar-refractivity contribution is -0.388. The number of nitro benzene ring substituents is 1. The molecule has 82 valence electrons. The fourth-order valence-corrected chi connectivity index (χ4v) is 1.60. The highest BCUT2D eigenvalue weighted by Crippen LogP contribution is 2.28. The average Bonchev–Trinajstić information content (AvgIpc) is 2.14. The van der Waals surface area contributed by atoms with Crippen LogP contribution in [0.1, 0.15) is 11.1 Å². The molecule has 0 aliphatic rings. The summed E-state index contributed by atoms with van der Waals surface area (Å²) < 4.78 is 0. The minimum Gasteiger partial charge on any atom is -0.481 e. The number of thiol groups is 1. The van der Waals surface area contributed by atoms with E-state index in [1.165, 1.54) is 12.1 Å². The van der Waals surface area contributed by atoms with Gasteiger partial charge in [-0.3, -0.25) is 14.9 Å². The molecule has 1 aromatic carbocycles. The molecule has 1 aromatic rings. The number of carboxylic acids is 1. The van der Waals surface area contributed by atoms with Crippen molar-refractivity contribution in [2.75, 3.05) is 0 Å². The molecule has 0 spiro atoms. The van der Waals surface area contributed by atoms with Gasteiger partial charge in [0.15, 0.2) is 0 Å². The normalized spacial score (nSPS) is 9.50. The average molecular weight is 238 g/mol. The number of carbonyl (C=O) groups is 1. The van der Waals surface area contributed by atoms with Gasteiger partial charge in [-0.05, 0) is 17.7 Å². The molecule has 0 aliphatic heterocycles. The van der Waals surface area contributed by atoms with Crippen molar-refractivity contribution in [3.05, 3.63) is 33.4 Å². The van der Waals surface area contributed by atoms with Crippen molar-refractivity contribution in [2.24, 2.45) is 0 Å². The van der Waals surface area contributed by atoms with Gasteiger partial charge in [-0.1, -0.05) is 0 Å². The highest BCUT2D eigenvalue weighted by atomic mass is 32.1. The van der Waals surface area contributed by atoms with Crippen LogP contribution in [0, 0.1) is 21.4 Å². The van der Waals surface area contributed by atoms with Gasteiger partial charge in [-0.15, -0.1) is 12.6 Å². The molecule has 1 rings (SSSR count). The van der Waals surface area contributed by atoms with Gasteiger partial charge >= 0.3 is 5.97 Å². The summed E-state index contributed by atoms with van der Waals surface area (Å²) in [7, 11) is 0. The second-order valence-corrected chi connectivity index (χ2v) is 3.43. The first kappa shape index (κ1) is 12.0. The Morgan fingerprint density at radius 2 is 2.25 bits per heavy atom. The summed E-state index contributed by atoms with van der Waals surface area (Å²) in [6.07, 6.45) is -0.305. The summed E-state index contributed by atoms with van der Waals surface area (Å²) in [4.78, 5) is 20.4. The fourth-order valence-electron chi connectivity index (χ4n) is 1.23. The Hall–Kier alpha value is -2.07. The van der Waals surface area contributed by atoms with Gasteiger partial charge < -0.3 is 5.11 Å². The third-order valence-electron chi connectivity index (χ3n) is 1.81. The number of aliphatic carboxylic acids is 1. The topological polar surface area (TPSA) is 104 Å². The standard InChI is InChI=1S/C9H6N2O4S/c10-4-6-1-5(3-8(12)13)2-7(16)9(6)11(14)15/h1-2,16H,3H2,(H,12,13). The summed E-state index contributed by atoms with van der Waals surface area (Å²) in [6.45, 7) is 0. The van der Waals surface area contributed by atoms with Crippen molar-refractivity contribution in [3.8, 4) is 6.07 Å². The van der Waals surface area contributed by atoms with Crippen LogP contribution in [0.15, 0.2) is 17.0 Å². The molecule has 7 heteroatoms. The summed E-state index contributed by atoms with van der Waals surface area (Å²) in [5, 5.41) is 27.9. The Bertz CT molecular complexity index is 507. The van der Waals surface area contributed by atoms with Crippen LogP contribution >= 0.6 is 12.6 Å². The zero-order chi connectivity index (χ0) is 12.3. The molecule has 0 aliphatic carbocycles. The Kier molecular flexibility index (Phi) is 3.48. The van der Waals surface area contributed by atoms with Gasteiger partial charge in [0.1, 0.15) is 11.6 Å². The van der Waals surface area contributed by atoms with Crippen molar-refractivity contribution in [3.63, 3.8) is 0 Å². The molecule has 0 aromatic heterocycles. The molecule has 0 unspecified atom stereocenters. The smallest absolute Gasteiger partial charge is 0.307 e. The van der Waals surface area contributed by atoms with Crippen molar-refractivity contribution < 1.29 is 14.8 Å². The van der Waals surface area contributed by atoms with Crippen molar-refractivity contribution >= 4 is 24.3 Å². The molecule has 0 saturated heterocycles. The van der Waals surface area contributed by atoms with E-state index in [1.807, 2.05) is 0 Å². The third kappa shape index (κ3) is 2.49. The molecule has 1 N–H and O–H groups in total. The van der Waals surface area contributed by atoms with Gasteiger partial charge in [0, 0.05) is 0 Å². The van der Waals surface area contributed by atoms with E-state index in [0.29, 0.717) is 5.56 Å². The number of hydrogen-bond acceptors (Lipinski definition) is 5. The van der Waals surface area contributed by atoms with E-state index < -0.39 is 16.6 Å². The highest BCUT2D eigenvalue weighted by molar-refractivity contribution is 7.80. The number of nitriles is 1. The maximum Gasteiger partial charge on any atom is 0.307 e. The predicted octanol–water partition coefficient (Wildman–Crippen LogP) is 1.38. The van der Waals surface area contributed by atoms with Gasteiger partial charge in [0.25, 0.3) is 5.69 Å². The SMILES string of the molecule is N#Cc1cc(CC(=O)O)cc(S)c1[N+](=O)[O-]. The van der Waals surface area contributed by atoms with Crippen molar-refractivity contribution in [1.29, 1.82) is 5.26 Å². The van der Waals surface area contributed by atoms with Crippen molar-refractivity contribution in [1.82, 2.24) is 0 Å². The molecule has 0 radical (unpaired) electrons. The zero-order valence-corrected chi connectivity index (χ0v) is 8.77. The van der Waals surface area contributed by atoms with Crippen LogP contribution in [0.4, 0.5) is 5.69 Å². The van der Waals surface area contributed by atoms with Crippen LogP contribution < -0.4 is 0 Å². The Morgan fingerprint density at radius 3 is 2.69 bits per heavy atom. The largest absolute Gasteiger partial charge is 0.481 e. The number of benzene rings is 1. The van der Waals surface area contributed by atoms with E-state index in [1.54, 1.807) is 6.07 Å². The third-order valence-corrected chi connectivity index (χ3v) is 2.15. The van der Waals surface area contributed by atoms with Crippen molar-refractivity contribution in [2.45, 2.75) is 11.3 Å².